The Balaban J connectivity index is 1.19. The summed E-state index contributed by atoms with van der Waals surface area (Å²) in [4.78, 5) is 37.5. The Kier molecular flexibility index (Phi) is 6.42. The van der Waals surface area contributed by atoms with E-state index in [1.54, 1.807) is 6.20 Å². The number of amides is 1. The van der Waals surface area contributed by atoms with Gasteiger partial charge in [0.25, 0.3) is 5.56 Å². The number of para-hydroxylation sites is 1. The second-order valence-electron chi connectivity index (χ2n) is 8.44. The minimum Gasteiger partial charge on any atom is -0.387 e. The van der Waals surface area contributed by atoms with Gasteiger partial charge < -0.3 is 25.7 Å². The third-order valence-corrected chi connectivity index (χ3v) is 6.91. The number of nitrogens with one attached hydrogen (secondary N) is 3. The van der Waals surface area contributed by atoms with Crippen molar-refractivity contribution in [3.05, 3.63) is 52.7 Å². The van der Waals surface area contributed by atoms with Crippen molar-refractivity contribution >= 4 is 44.2 Å². The van der Waals surface area contributed by atoms with Crippen LogP contribution in [0.4, 0.5) is 5.95 Å². The molecule has 7 N–H and O–H groups in total. The van der Waals surface area contributed by atoms with Gasteiger partial charge in [0.05, 0.1) is 12.9 Å². The van der Waals surface area contributed by atoms with Crippen molar-refractivity contribution in [1.29, 1.82) is 0 Å². The molecule has 3 aromatic heterocycles. The van der Waals surface area contributed by atoms with Gasteiger partial charge in [0.2, 0.25) is 11.9 Å². The molecule has 5 rings (SSSR count). The average Bonchev–Trinajstić information content (AvgIpc) is 3.53. The lowest BCUT2D eigenvalue weighted by atomic mass is 10.1. The third-order valence-electron chi connectivity index (χ3n) is 5.98. The van der Waals surface area contributed by atoms with E-state index in [1.807, 2.05) is 29.0 Å². The summed E-state index contributed by atoms with van der Waals surface area (Å²) in [6.07, 6.45) is -2.56. The molecule has 37 heavy (non-hydrogen) atoms. The number of aromatic amines is 2. The number of benzene rings is 1. The van der Waals surface area contributed by atoms with Crippen LogP contribution >= 0.6 is 0 Å². The average molecular weight is 534 g/mol. The van der Waals surface area contributed by atoms with Gasteiger partial charge in [-0.3, -0.25) is 23.3 Å². The van der Waals surface area contributed by atoms with Crippen molar-refractivity contribution < 1.29 is 32.3 Å². The number of hydrogen-bond acceptors (Lipinski definition) is 11. The van der Waals surface area contributed by atoms with Crippen LogP contribution in [-0.2, 0) is 30.4 Å². The number of ether oxygens (including phenoxy) is 1. The Morgan fingerprint density at radius 1 is 1.27 bits per heavy atom. The zero-order valence-corrected chi connectivity index (χ0v) is 19.9. The Labute approximate surface area is 208 Å². The molecule has 4 unspecified atom stereocenters. The maximum absolute atomic E-state index is 12.3. The molecule has 0 spiro atoms. The van der Waals surface area contributed by atoms with Crippen molar-refractivity contribution in [2.24, 2.45) is 0 Å². The molecule has 4 atom stereocenters. The Morgan fingerprint density at radius 2 is 2.05 bits per heavy atom. The third kappa shape index (κ3) is 4.92. The summed E-state index contributed by atoms with van der Waals surface area (Å²) < 4.78 is 38.0. The quantitative estimate of drug-likeness (QED) is 0.158. The van der Waals surface area contributed by atoms with E-state index in [0.717, 1.165) is 16.5 Å². The first-order valence-electron chi connectivity index (χ1n) is 11.1. The molecular weight excluding hydrogens is 510 g/mol. The summed E-state index contributed by atoms with van der Waals surface area (Å²) in [5.41, 5.74) is 6.64. The molecule has 0 saturated carbocycles. The fourth-order valence-electron chi connectivity index (χ4n) is 4.19. The summed E-state index contributed by atoms with van der Waals surface area (Å²) >= 11 is 0. The molecule has 1 aliphatic heterocycles. The predicted octanol–water partition coefficient (Wildman–Crippen LogP) is -1.19. The van der Waals surface area contributed by atoms with Crippen LogP contribution in [0.5, 0.6) is 0 Å². The fourth-order valence-corrected chi connectivity index (χ4v) is 4.94. The van der Waals surface area contributed by atoms with Crippen molar-refractivity contribution in [2.45, 2.75) is 37.4 Å². The van der Waals surface area contributed by atoms with Gasteiger partial charge in [-0.15, -0.1) is 0 Å². The van der Waals surface area contributed by atoms with Crippen LogP contribution in [0.1, 0.15) is 18.2 Å². The summed E-state index contributed by atoms with van der Waals surface area (Å²) in [6, 6.07) is 7.51. The van der Waals surface area contributed by atoms with Gasteiger partial charge in [0, 0.05) is 23.5 Å². The number of aliphatic hydroxyl groups excluding tert-OH is 2. The maximum atomic E-state index is 12.3. The van der Waals surface area contributed by atoms with E-state index in [-0.39, 0.29) is 23.5 Å². The smallest absolute Gasteiger partial charge is 0.362 e. The van der Waals surface area contributed by atoms with Gasteiger partial charge in [-0.25, -0.2) is 9.71 Å². The predicted molar refractivity (Wildman–Crippen MR) is 128 cm³/mol. The molecule has 0 aliphatic carbocycles. The normalized spacial score (nSPS) is 22.1. The lowest BCUT2D eigenvalue weighted by Gasteiger charge is -2.16. The number of nitrogens with two attached hydrogens (primary N) is 1. The number of rotatable bonds is 8. The van der Waals surface area contributed by atoms with Crippen LogP contribution in [0.2, 0.25) is 0 Å². The van der Waals surface area contributed by atoms with Crippen LogP contribution in [0.3, 0.4) is 0 Å². The summed E-state index contributed by atoms with van der Waals surface area (Å²) in [5, 5.41) is 21.8. The van der Waals surface area contributed by atoms with Crippen molar-refractivity contribution in [1.82, 2.24) is 29.2 Å². The van der Waals surface area contributed by atoms with Gasteiger partial charge in [-0.05, 0) is 18.1 Å². The van der Waals surface area contributed by atoms with Crippen molar-refractivity contribution in [3.8, 4) is 0 Å². The number of imidazole rings is 1. The SMILES string of the molecule is Nc1nc2c(ncn2C2OC(COS(=O)(=O)NC(=O)CCc3c[nH]c4ccccc34)C(O)C2O)c(=O)[nH]1. The first-order valence-corrected chi connectivity index (χ1v) is 12.5. The van der Waals surface area contributed by atoms with Gasteiger partial charge >= 0.3 is 10.3 Å². The summed E-state index contributed by atoms with van der Waals surface area (Å²) in [5.74, 6) is -0.978. The standard InChI is InChI=1S/C21H23N7O8S/c22-21-25-18-15(19(32)26-21)24-9-28(18)20-17(31)16(30)13(36-20)8-35-37(33,34)27-14(29)6-5-10-7-23-12-4-2-1-3-11(10)12/h1-4,7,9,13,16-17,20,23,30-31H,5-6,8H2,(H,27,29)(H3,22,25,26,32). The lowest BCUT2D eigenvalue weighted by molar-refractivity contribution is -0.119. The number of hydrogen-bond donors (Lipinski definition) is 6. The van der Waals surface area contributed by atoms with Crippen molar-refractivity contribution in [2.75, 3.05) is 12.3 Å². The molecular formula is C21H23N7O8S. The second kappa shape index (κ2) is 9.56. The van der Waals surface area contributed by atoms with Crippen LogP contribution in [-0.4, -0.2) is 74.0 Å². The number of nitrogen functional groups attached to an aromatic ring is 1. The number of carbonyl (C=O) groups excluding carboxylic acids is 1. The minimum absolute atomic E-state index is 0.00541. The highest BCUT2D eigenvalue weighted by atomic mass is 32.2. The van der Waals surface area contributed by atoms with Crippen LogP contribution in [0.25, 0.3) is 22.1 Å². The van der Waals surface area contributed by atoms with Crippen LogP contribution in [0, 0.1) is 0 Å². The second-order valence-corrected chi connectivity index (χ2v) is 9.79. The number of carbonyl (C=O) groups is 1. The fraction of sp³-hybridized carbons (Fsp3) is 0.333. The van der Waals surface area contributed by atoms with E-state index in [2.05, 4.69) is 19.9 Å². The molecule has 1 aromatic carbocycles. The number of aromatic nitrogens is 5. The van der Waals surface area contributed by atoms with Crippen LogP contribution < -0.4 is 16.0 Å². The minimum atomic E-state index is -4.53. The highest BCUT2D eigenvalue weighted by Crippen LogP contribution is 2.31. The van der Waals surface area contributed by atoms with Gasteiger partial charge in [-0.1, -0.05) is 18.2 Å². The monoisotopic (exact) mass is 533 g/mol. The number of H-pyrrole nitrogens is 2. The van der Waals surface area contributed by atoms with E-state index in [9.17, 15) is 28.2 Å². The zero-order valence-electron chi connectivity index (χ0n) is 19.1. The van der Waals surface area contributed by atoms with E-state index >= 15 is 0 Å². The topological polar surface area (TPSA) is 228 Å². The number of nitrogens with zero attached hydrogens (tertiary/aromatic N) is 3. The number of aryl methyl sites for hydroxylation is 1. The molecule has 1 amide bonds. The molecule has 16 heteroatoms. The summed E-state index contributed by atoms with van der Waals surface area (Å²) in [6.45, 7) is -0.706. The number of aliphatic hydroxyl groups is 2. The van der Waals surface area contributed by atoms with Gasteiger partial charge in [0.15, 0.2) is 17.4 Å². The molecule has 1 aliphatic rings. The molecule has 196 valence electrons. The van der Waals surface area contributed by atoms with Crippen LogP contribution in [0.15, 0.2) is 41.6 Å². The maximum Gasteiger partial charge on any atom is 0.362 e. The van der Waals surface area contributed by atoms with E-state index in [4.69, 9.17) is 14.7 Å². The van der Waals surface area contributed by atoms with Gasteiger partial charge in [-0.2, -0.15) is 13.4 Å². The van der Waals surface area contributed by atoms with Gasteiger partial charge in [0.1, 0.15) is 18.3 Å². The molecule has 15 nitrogen and oxygen atoms in total. The largest absolute Gasteiger partial charge is 0.387 e. The highest BCUT2D eigenvalue weighted by molar-refractivity contribution is 7.85. The molecule has 1 fully saturated rings. The molecule has 4 heterocycles. The van der Waals surface area contributed by atoms with E-state index < -0.39 is 52.9 Å². The molecule has 0 bridgehead atoms. The molecule has 0 radical (unpaired) electrons. The first-order chi connectivity index (χ1) is 17.6. The Bertz CT molecular complexity index is 1630. The Morgan fingerprint density at radius 3 is 2.86 bits per heavy atom. The lowest BCUT2D eigenvalue weighted by Crippen LogP contribution is -2.37. The number of anilines is 1. The molecule has 4 aromatic rings. The van der Waals surface area contributed by atoms with E-state index in [1.165, 1.54) is 10.9 Å². The summed E-state index contributed by atoms with van der Waals surface area (Å²) in [7, 11) is -4.53. The van der Waals surface area contributed by atoms with Crippen molar-refractivity contribution in [3.63, 3.8) is 0 Å². The first kappa shape index (κ1) is 24.8. The number of fused-ring (bicyclic) bond motifs is 2. The Hall–Kier alpha value is -3.83. The molecule has 1 saturated heterocycles. The zero-order chi connectivity index (χ0) is 26.3. The van der Waals surface area contributed by atoms with E-state index in [0.29, 0.717) is 6.42 Å². The highest BCUT2D eigenvalue weighted by Gasteiger charge is 2.45.